The molecule has 2 heterocycles. The number of ketones is 1. The number of rotatable bonds is 7. The van der Waals surface area contributed by atoms with Crippen molar-refractivity contribution in [2.45, 2.75) is 19.9 Å². The number of aliphatic hydroxyl groups excluding tert-OH is 1. The zero-order valence-corrected chi connectivity index (χ0v) is 22.3. The van der Waals surface area contributed by atoms with Gasteiger partial charge in [-0.05, 0) is 85.5 Å². The van der Waals surface area contributed by atoms with Gasteiger partial charge in [0.2, 0.25) is 0 Å². The third kappa shape index (κ3) is 4.90. The van der Waals surface area contributed by atoms with Gasteiger partial charge in [-0.3, -0.25) is 14.5 Å². The van der Waals surface area contributed by atoms with E-state index in [0.717, 1.165) is 10.4 Å². The monoisotopic (exact) mass is 545 g/mol. The molecular formula is C30H24ClNO5S. The van der Waals surface area contributed by atoms with Gasteiger partial charge in [-0.1, -0.05) is 29.8 Å². The summed E-state index contributed by atoms with van der Waals surface area (Å²) in [5, 5.41) is 13.5. The van der Waals surface area contributed by atoms with E-state index in [2.05, 4.69) is 0 Å². The molecule has 1 aliphatic rings. The summed E-state index contributed by atoms with van der Waals surface area (Å²) in [5.74, 6) is -0.112. The lowest BCUT2D eigenvalue weighted by atomic mass is 9.99. The van der Waals surface area contributed by atoms with Gasteiger partial charge in [-0.15, -0.1) is 11.3 Å². The van der Waals surface area contributed by atoms with Gasteiger partial charge in [-0.2, -0.15) is 0 Å². The Kier molecular flexibility index (Phi) is 7.22. The minimum absolute atomic E-state index is 0.0342. The van der Waals surface area contributed by atoms with E-state index >= 15 is 0 Å². The van der Waals surface area contributed by atoms with E-state index in [4.69, 9.17) is 21.1 Å². The molecule has 1 saturated heterocycles. The lowest BCUT2D eigenvalue weighted by molar-refractivity contribution is -0.132. The van der Waals surface area contributed by atoms with Crippen LogP contribution in [0.4, 0.5) is 5.69 Å². The van der Waals surface area contributed by atoms with Gasteiger partial charge >= 0.3 is 0 Å². The number of halogens is 1. The van der Waals surface area contributed by atoms with Crippen LogP contribution in [0.25, 0.3) is 5.76 Å². The van der Waals surface area contributed by atoms with Gasteiger partial charge in [0.25, 0.3) is 11.7 Å². The Morgan fingerprint density at radius 2 is 1.74 bits per heavy atom. The molecule has 192 valence electrons. The van der Waals surface area contributed by atoms with E-state index in [-0.39, 0.29) is 21.9 Å². The summed E-state index contributed by atoms with van der Waals surface area (Å²) >= 11 is 7.79. The molecule has 0 radical (unpaired) electrons. The lowest BCUT2D eigenvalue weighted by Crippen LogP contribution is -2.29. The van der Waals surface area contributed by atoms with Crippen molar-refractivity contribution in [3.63, 3.8) is 0 Å². The second kappa shape index (κ2) is 10.7. The molecule has 0 bridgehead atoms. The Hall–Kier alpha value is -4.07. The van der Waals surface area contributed by atoms with Gasteiger partial charge < -0.3 is 14.6 Å². The highest BCUT2D eigenvalue weighted by Gasteiger charge is 2.47. The van der Waals surface area contributed by atoms with Crippen molar-refractivity contribution in [3.8, 4) is 17.2 Å². The highest BCUT2D eigenvalue weighted by atomic mass is 35.5. The van der Waals surface area contributed by atoms with E-state index in [1.807, 2.05) is 55.6 Å². The SMILES string of the molecule is CCOc1ccc(Cl)c(/C(O)=C2/C(=O)C(=O)N(c3ccc(Oc4cccc(C)c4)cc3)C2c2cccs2)c1. The maximum absolute atomic E-state index is 13.4. The topological polar surface area (TPSA) is 76.1 Å². The Morgan fingerprint density at radius 3 is 2.42 bits per heavy atom. The molecule has 6 nitrogen and oxygen atoms in total. The quantitative estimate of drug-likeness (QED) is 0.147. The molecule has 38 heavy (non-hydrogen) atoms. The van der Waals surface area contributed by atoms with E-state index < -0.39 is 17.7 Å². The summed E-state index contributed by atoms with van der Waals surface area (Å²) in [5.41, 5.74) is 1.76. The number of carbonyl (C=O) groups excluding carboxylic acids is 2. The zero-order chi connectivity index (χ0) is 26.8. The van der Waals surface area contributed by atoms with Gasteiger partial charge in [0, 0.05) is 16.1 Å². The Bertz CT molecular complexity index is 1530. The standard InChI is InChI=1S/C30H24ClNO5S/c1-3-36-21-13-14-24(31)23(17-21)28(33)26-27(25-8-5-15-38-25)32(30(35)29(26)34)19-9-11-20(12-10-19)37-22-7-4-6-18(2)16-22/h4-17,27,33H,3H2,1-2H3/b28-26-. The Morgan fingerprint density at radius 1 is 0.974 bits per heavy atom. The third-order valence-electron chi connectivity index (χ3n) is 6.10. The van der Waals surface area contributed by atoms with Crippen LogP contribution < -0.4 is 14.4 Å². The van der Waals surface area contributed by atoms with Crippen LogP contribution in [0.3, 0.4) is 0 Å². The second-order valence-corrected chi connectivity index (χ2v) is 10.1. The van der Waals surface area contributed by atoms with Crippen molar-refractivity contribution in [1.82, 2.24) is 0 Å². The van der Waals surface area contributed by atoms with Crippen LogP contribution in [0.2, 0.25) is 5.02 Å². The maximum atomic E-state index is 13.4. The number of hydrogen-bond acceptors (Lipinski definition) is 6. The smallest absolute Gasteiger partial charge is 0.300 e. The largest absolute Gasteiger partial charge is 0.507 e. The summed E-state index contributed by atoms with van der Waals surface area (Å²) < 4.78 is 11.5. The van der Waals surface area contributed by atoms with Crippen LogP contribution in [0.5, 0.6) is 17.2 Å². The van der Waals surface area contributed by atoms with E-state index in [1.165, 1.54) is 16.2 Å². The average Bonchev–Trinajstić information content (AvgIpc) is 3.52. The fraction of sp³-hybridized carbons (Fsp3) is 0.133. The summed E-state index contributed by atoms with van der Waals surface area (Å²) in [4.78, 5) is 28.9. The summed E-state index contributed by atoms with van der Waals surface area (Å²) in [6, 6.07) is 22.3. The number of anilines is 1. The molecule has 8 heteroatoms. The normalized spacial score (nSPS) is 16.6. The van der Waals surface area contributed by atoms with E-state index in [1.54, 1.807) is 42.5 Å². The molecule has 1 fully saturated rings. The summed E-state index contributed by atoms with van der Waals surface area (Å²) in [7, 11) is 0. The molecule has 1 amide bonds. The number of benzene rings is 3. The van der Waals surface area contributed by atoms with Crippen molar-refractivity contribution in [2.75, 3.05) is 11.5 Å². The molecule has 1 N–H and O–H groups in total. The molecule has 0 aliphatic carbocycles. The first-order chi connectivity index (χ1) is 18.4. The first kappa shape index (κ1) is 25.6. The molecule has 0 spiro atoms. The van der Waals surface area contributed by atoms with Crippen LogP contribution in [0.15, 0.2) is 89.8 Å². The number of nitrogens with zero attached hydrogens (tertiary/aromatic N) is 1. The van der Waals surface area contributed by atoms with Crippen LogP contribution in [0.1, 0.15) is 29.0 Å². The fourth-order valence-electron chi connectivity index (χ4n) is 4.39. The number of ether oxygens (including phenoxy) is 2. The third-order valence-corrected chi connectivity index (χ3v) is 7.36. The average molecular weight is 546 g/mol. The second-order valence-electron chi connectivity index (χ2n) is 8.67. The minimum Gasteiger partial charge on any atom is -0.507 e. The van der Waals surface area contributed by atoms with Gasteiger partial charge in [0.15, 0.2) is 0 Å². The van der Waals surface area contributed by atoms with Gasteiger partial charge in [0.05, 0.1) is 17.2 Å². The number of amides is 1. The predicted octanol–water partition coefficient (Wildman–Crippen LogP) is 7.53. The lowest BCUT2D eigenvalue weighted by Gasteiger charge is -2.24. The van der Waals surface area contributed by atoms with Crippen molar-refractivity contribution in [2.24, 2.45) is 0 Å². The molecular weight excluding hydrogens is 522 g/mol. The molecule has 1 aromatic heterocycles. The van der Waals surface area contributed by atoms with E-state index in [9.17, 15) is 14.7 Å². The number of aryl methyl sites for hydroxylation is 1. The Balaban J connectivity index is 1.56. The molecule has 1 atom stereocenters. The minimum atomic E-state index is -0.828. The maximum Gasteiger partial charge on any atom is 0.300 e. The summed E-state index contributed by atoms with van der Waals surface area (Å²) in [6.45, 7) is 4.25. The predicted molar refractivity (Wildman–Crippen MR) is 149 cm³/mol. The highest BCUT2D eigenvalue weighted by molar-refractivity contribution is 7.10. The number of aliphatic hydroxyl groups is 1. The number of carbonyl (C=O) groups is 2. The van der Waals surface area contributed by atoms with Crippen molar-refractivity contribution >= 4 is 46.1 Å². The van der Waals surface area contributed by atoms with Gasteiger partial charge in [-0.25, -0.2) is 0 Å². The molecule has 0 saturated carbocycles. The van der Waals surface area contributed by atoms with Crippen molar-refractivity contribution in [1.29, 1.82) is 0 Å². The Labute approximate surface area is 229 Å². The zero-order valence-electron chi connectivity index (χ0n) is 20.7. The summed E-state index contributed by atoms with van der Waals surface area (Å²) in [6.07, 6.45) is 0. The molecule has 1 aliphatic heterocycles. The number of hydrogen-bond donors (Lipinski definition) is 1. The van der Waals surface area contributed by atoms with Crippen molar-refractivity contribution in [3.05, 3.63) is 111 Å². The molecule has 3 aromatic carbocycles. The first-order valence-electron chi connectivity index (χ1n) is 12.0. The van der Waals surface area contributed by atoms with Gasteiger partial charge in [0.1, 0.15) is 29.0 Å². The number of thiophene rings is 1. The van der Waals surface area contributed by atoms with E-state index in [0.29, 0.717) is 29.5 Å². The molecule has 1 unspecified atom stereocenters. The molecule has 5 rings (SSSR count). The van der Waals surface area contributed by atoms with Crippen LogP contribution in [0, 0.1) is 6.92 Å². The fourth-order valence-corrected chi connectivity index (χ4v) is 5.42. The van der Waals surface area contributed by atoms with Crippen LogP contribution in [-0.2, 0) is 9.59 Å². The van der Waals surface area contributed by atoms with Crippen LogP contribution >= 0.6 is 22.9 Å². The first-order valence-corrected chi connectivity index (χ1v) is 13.2. The van der Waals surface area contributed by atoms with Crippen LogP contribution in [-0.4, -0.2) is 23.4 Å². The molecule has 4 aromatic rings. The highest BCUT2D eigenvalue weighted by Crippen LogP contribution is 2.45. The number of Topliss-reactive ketones (excluding diaryl/α,β-unsaturated/α-hetero) is 1. The van der Waals surface area contributed by atoms with Crippen molar-refractivity contribution < 1.29 is 24.2 Å².